The van der Waals surface area contributed by atoms with Crippen LogP contribution in [0.1, 0.15) is 32.7 Å². The number of nitrogens with one attached hydrogen (secondary N) is 1. The van der Waals surface area contributed by atoms with E-state index in [0.29, 0.717) is 29.0 Å². The second kappa shape index (κ2) is 10.2. The number of hydrogen-bond acceptors (Lipinski definition) is 9. The van der Waals surface area contributed by atoms with E-state index in [1.54, 1.807) is 27.7 Å². The second-order valence-corrected chi connectivity index (χ2v) is 9.27. The molecule has 0 spiro atoms. The number of nitrogens with zero attached hydrogens (tertiary/aromatic N) is 6. The maximum absolute atomic E-state index is 9.94. The number of hydrogen-bond donors (Lipinski definition) is 2. The number of methoxy groups -OCH3 is 3. The molecule has 4 aromatic rings. The number of imidazole rings is 1. The fraction of sp³-hybridized carbons (Fsp3) is 0.423. The van der Waals surface area contributed by atoms with Crippen molar-refractivity contribution < 1.29 is 19.3 Å². The van der Waals surface area contributed by atoms with Crippen LogP contribution in [-0.2, 0) is 0 Å². The molecule has 0 unspecified atom stereocenters. The van der Waals surface area contributed by atoms with Crippen LogP contribution in [0.5, 0.6) is 17.2 Å². The van der Waals surface area contributed by atoms with E-state index in [9.17, 15) is 5.11 Å². The number of benzene rings is 1. The first-order chi connectivity index (χ1) is 18.0. The lowest BCUT2D eigenvalue weighted by Crippen LogP contribution is -2.33. The SMILES string of the molecule is COc1cc(-n2cnc(Nc3nc(N4CCC[C@H]4CO)c4ccn(C(C)C)c4n3)c2)cc(OC)c1OC. The number of aliphatic hydroxyl groups excluding tert-OH is 1. The van der Waals surface area contributed by atoms with Crippen LogP contribution < -0.4 is 24.4 Å². The van der Waals surface area contributed by atoms with Crippen LogP contribution in [0.25, 0.3) is 16.7 Å². The van der Waals surface area contributed by atoms with Crippen molar-refractivity contribution >= 4 is 28.6 Å². The number of fused-ring (bicyclic) bond motifs is 1. The summed E-state index contributed by atoms with van der Waals surface area (Å²) in [6.07, 6.45) is 7.54. The van der Waals surface area contributed by atoms with E-state index < -0.39 is 0 Å². The third-order valence-electron chi connectivity index (χ3n) is 6.74. The number of rotatable bonds is 9. The molecular formula is C26H33N7O4. The molecule has 196 valence electrons. The quantitative estimate of drug-likeness (QED) is 0.348. The third kappa shape index (κ3) is 4.50. The highest BCUT2D eigenvalue weighted by Crippen LogP contribution is 2.39. The van der Waals surface area contributed by atoms with E-state index >= 15 is 0 Å². The first kappa shape index (κ1) is 24.7. The van der Waals surface area contributed by atoms with E-state index in [0.717, 1.165) is 41.9 Å². The summed E-state index contributed by atoms with van der Waals surface area (Å²) in [6.45, 7) is 5.19. The highest BCUT2D eigenvalue weighted by atomic mass is 16.5. The van der Waals surface area contributed by atoms with Gasteiger partial charge < -0.3 is 38.7 Å². The van der Waals surface area contributed by atoms with Crippen LogP contribution in [0.15, 0.2) is 36.9 Å². The Bertz CT molecular complexity index is 1370. The van der Waals surface area contributed by atoms with Crippen LogP contribution in [0, 0.1) is 0 Å². The van der Waals surface area contributed by atoms with Crippen molar-refractivity contribution in [1.82, 2.24) is 24.1 Å². The lowest BCUT2D eigenvalue weighted by Gasteiger charge is -2.25. The maximum atomic E-state index is 9.94. The summed E-state index contributed by atoms with van der Waals surface area (Å²) in [6, 6.07) is 6.05. The van der Waals surface area contributed by atoms with Gasteiger partial charge >= 0.3 is 0 Å². The lowest BCUT2D eigenvalue weighted by atomic mass is 10.2. The van der Waals surface area contributed by atoms with Crippen molar-refractivity contribution in [2.45, 2.75) is 38.8 Å². The van der Waals surface area contributed by atoms with Crippen molar-refractivity contribution in [3.05, 3.63) is 36.9 Å². The number of ether oxygens (including phenoxy) is 3. The van der Waals surface area contributed by atoms with Crippen LogP contribution in [0.3, 0.4) is 0 Å². The van der Waals surface area contributed by atoms with Gasteiger partial charge in [-0.15, -0.1) is 0 Å². The molecule has 1 aliphatic rings. The van der Waals surface area contributed by atoms with Gasteiger partial charge in [0.15, 0.2) is 17.3 Å². The minimum absolute atomic E-state index is 0.0487. The van der Waals surface area contributed by atoms with Gasteiger partial charge in [-0.2, -0.15) is 9.97 Å². The fourth-order valence-electron chi connectivity index (χ4n) is 4.87. The third-order valence-corrected chi connectivity index (χ3v) is 6.74. The zero-order valence-corrected chi connectivity index (χ0v) is 21.8. The molecule has 1 aromatic carbocycles. The van der Waals surface area contributed by atoms with Crippen LogP contribution in [-0.4, -0.2) is 69.7 Å². The number of anilines is 3. The zero-order valence-electron chi connectivity index (χ0n) is 21.8. The molecule has 4 heterocycles. The summed E-state index contributed by atoms with van der Waals surface area (Å²) in [5.74, 6) is 3.49. The molecule has 1 fully saturated rings. The molecule has 11 heteroatoms. The Kier molecular flexibility index (Phi) is 6.79. The van der Waals surface area contributed by atoms with E-state index in [4.69, 9.17) is 24.2 Å². The standard InChI is InChI=1S/C26H33N7O4/c1-16(2)32-10-8-19-24(32)29-26(30-25(19)33-9-6-7-17(33)14-34)28-22-13-31(15-27-22)18-11-20(35-3)23(37-5)21(12-18)36-4/h8,10-13,15-17,34H,6-7,9,14H2,1-5H3,(H,28,29,30)/t17-/m0/s1. The summed E-state index contributed by atoms with van der Waals surface area (Å²) in [5.41, 5.74) is 1.64. The van der Waals surface area contributed by atoms with Gasteiger partial charge in [-0.05, 0) is 32.8 Å². The monoisotopic (exact) mass is 507 g/mol. The highest BCUT2D eigenvalue weighted by Gasteiger charge is 2.28. The van der Waals surface area contributed by atoms with Gasteiger partial charge in [-0.25, -0.2) is 4.98 Å². The summed E-state index contributed by atoms with van der Waals surface area (Å²) in [7, 11) is 4.74. The normalized spacial score (nSPS) is 15.5. The van der Waals surface area contributed by atoms with Crippen LogP contribution in [0.4, 0.5) is 17.6 Å². The Labute approximate surface area is 215 Å². The fourth-order valence-corrected chi connectivity index (χ4v) is 4.87. The Morgan fingerprint density at radius 3 is 2.51 bits per heavy atom. The van der Waals surface area contributed by atoms with E-state index in [2.05, 4.69) is 39.7 Å². The van der Waals surface area contributed by atoms with Crippen LogP contribution in [0.2, 0.25) is 0 Å². The molecule has 3 aromatic heterocycles. The van der Waals surface area contributed by atoms with Crippen molar-refractivity contribution in [2.75, 3.05) is 44.7 Å². The molecule has 0 aliphatic carbocycles. The molecule has 0 amide bonds. The summed E-state index contributed by atoms with van der Waals surface area (Å²) in [4.78, 5) is 16.4. The summed E-state index contributed by atoms with van der Waals surface area (Å²) in [5, 5.41) is 14.2. The first-order valence-electron chi connectivity index (χ1n) is 12.3. The van der Waals surface area contributed by atoms with Gasteiger partial charge in [0.2, 0.25) is 11.7 Å². The average molecular weight is 508 g/mol. The Hall–Kier alpha value is -3.99. The minimum Gasteiger partial charge on any atom is -0.493 e. The van der Waals surface area contributed by atoms with E-state index in [-0.39, 0.29) is 18.7 Å². The second-order valence-electron chi connectivity index (χ2n) is 9.27. The van der Waals surface area contributed by atoms with Crippen molar-refractivity contribution in [2.24, 2.45) is 0 Å². The summed E-state index contributed by atoms with van der Waals surface area (Å²) >= 11 is 0. The van der Waals surface area contributed by atoms with E-state index in [1.165, 1.54) is 0 Å². The van der Waals surface area contributed by atoms with Gasteiger partial charge in [0.1, 0.15) is 17.8 Å². The van der Waals surface area contributed by atoms with Gasteiger partial charge in [-0.1, -0.05) is 0 Å². The number of aliphatic hydroxyl groups is 1. The topological polar surface area (TPSA) is 112 Å². The zero-order chi connectivity index (χ0) is 26.1. The summed E-state index contributed by atoms with van der Waals surface area (Å²) < 4.78 is 20.4. The molecule has 11 nitrogen and oxygen atoms in total. The Morgan fingerprint density at radius 1 is 1.11 bits per heavy atom. The van der Waals surface area contributed by atoms with Crippen molar-refractivity contribution in [3.8, 4) is 22.9 Å². The molecule has 0 bridgehead atoms. The Morgan fingerprint density at radius 2 is 1.86 bits per heavy atom. The Balaban J connectivity index is 1.51. The lowest BCUT2D eigenvalue weighted by molar-refractivity contribution is 0.266. The molecule has 5 rings (SSSR count). The average Bonchev–Trinajstić information content (AvgIpc) is 3.66. The predicted octanol–water partition coefficient (Wildman–Crippen LogP) is 3.93. The van der Waals surface area contributed by atoms with Gasteiger partial charge in [0.05, 0.1) is 51.2 Å². The van der Waals surface area contributed by atoms with E-state index in [1.807, 2.05) is 29.1 Å². The first-order valence-corrected chi connectivity index (χ1v) is 12.3. The molecule has 0 saturated carbocycles. The highest BCUT2D eigenvalue weighted by molar-refractivity contribution is 5.90. The molecular weight excluding hydrogens is 474 g/mol. The van der Waals surface area contributed by atoms with Crippen molar-refractivity contribution in [1.29, 1.82) is 0 Å². The smallest absolute Gasteiger partial charge is 0.232 e. The van der Waals surface area contributed by atoms with Gasteiger partial charge in [0.25, 0.3) is 0 Å². The molecule has 1 aliphatic heterocycles. The van der Waals surface area contributed by atoms with Gasteiger partial charge in [0, 0.05) is 30.9 Å². The molecule has 1 atom stereocenters. The largest absolute Gasteiger partial charge is 0.493 e. The molecule has 37 heavy (non-hydrogen) atoms. The number of aromatic nitrogens is 5. The van der Waals surface area contributed by atoms with Gasteiger partial charge in [-0.3, -0.25) is 0 Å². The molecule has 2 N–H and O–H groups in total. The maximum Gasteiger partial charge on any atom is 0.232 e. The predicted molar refractivity (Wildman–Crippen MR) is 142 cm³/mol. The minimum atomic E-state index is 0.0487. The molecule has 0 radical (unpaired) electrons. The molecule has 1 saturated heterocycles. The van der Waals surface area contributed by atoms with Crippen LogP contribution >= 0.6 is 0 Å². The van der Waals surface area contributed by atoms with Crippen molar-refractivity contribution in [3.63, 3.8) is 0 Å².